The minimum atomic E-state index is -0.716. The number of hydrogen-bond acceptors (Lipinski definition) is 4. The van der Waals surface area contributed by atoms with Crippen LogP contribution in [0, 0.1) is 10.1 Å². The lowest BCUT2D eigenvalue weighted by molar-refractivity contribution is -0.384. The third kappa shape index (κ3) is 3.07. The van der Waals surface area contributed by atoms with Crippen LogP contribution in [0.15, 0.2) is 36.4 Å². The molecule has 0 radical (unpaired) electrons. The summed E-state index contributed by atoms with van der Waals surface area (Å²) < 4.78 is 0. The van der Waals surface area contributed by atoms with Gasteiger partial charge in [0, 0.05) is 6.07 Å². The number of phenolic OH excluding ortho intramolecular Hbond substituents is 1. The molecule has 0 aromatic heterocycles. The van der Waals surface area contributed by atoms with E-state index in [-0.39, 0.29) is 21.3 Å². The number of halogens is 2. The van der Waals surface area contributed by atoms with E-state index in [1.54, 1.807) is 0 Å². The normalized spacial score (nSPS) is 10.2. The van der Waals surface area contributed by atoms with Gasteiger partial charge in [-0.05, 0) is 18.2 Å². The van der Waals surface area contributed by atoms with Crippen LogP contribution >= 0.6 is 23.2 Å². The van der Waals surface area contributed by atoms with Crippen molar-refractivity contribution in [3.63, 3.8) is 0 Å². The van der Waals surface area contributed by atoms with Crippen molar-refractivity contribution in [1.29, 1.82) is 0 Å². The number of carbonyl (C=O) groups is 1. The number of nitro benzene ring substituents is 1. The van der Waals surface area contributed by atoms with Gasteiger partial charge in [0.1, 0.15) is 5.75 Å². The Kier molecular flexibility index (Phi) is 4.30. The number of nitrogens with zero attached hydrogens (tertiary/aromatic N) is 1. The van der Waals surface area contributed by atoms with E-state index in [1.165, 1.54) is 30.3 Å². The van der Waals surface area contributed by atoms with Crippen LogP contribution in [0.25, 0.3) is 0 Å². The maximum atomic E-state index is 12.1. The first-order chi connectivity index (χ1) is 9.91. The Hall–Kier alpha value is -2.31. The highest BCUT2D eigenvalue weighted by atomic mass is 35.5. The Balaban J connectivity index is 2.41. The zero-order valence-electron chi connectivity index (χ0n) is 10.3. The molecule has 2 aromatic rings. The summed E-state index contributed by atoms with van der Waals surface area (Å²) in [5.74, 6) is -1.14. The van der Waals surface area contributed by atoms with Gasteiger partial charge in [0.2, 0.25) is 0 Å². The van der Waals surface area contributed by atoms with Crippen LogP contribution in [-0.2, 0) is 0 Å². The second kappa shape index (κ2) is 5.99. The Labute approximate surface area is 129 Å². The number of nitrogens with one attached hydrogen (secondary N) is 1. The lowest BCUT2D eigenvalue weighted by atomic mass is 10.2. The molecule has 0 aliphatic carbocycles. The summed E-state index contributed by atoms with van der Waals surface area (Å²) in [7, 11) is 0. The first-order valence-electron chi connectivity index (χ1n) is 5.63. The molecule has 0 spiro atoms. The Morgan fingerprint density at radius 2 is 1.86 bits per heavy atom. The van der Waals surface area contributed by atoms with Crippen LogP contribution in [0.4, 0.5) is 11.4 Å². The van der Waals surface area contributed by atoms with Crippen LogP contribution in [0.2, 0.25) is 10.0 Å². The molecular weight excluding hydrogens is 319 g/mol. The van der Waals surface area contributed by atoms with Crippen molar-refractivity contribution < 1.29 is 14.8 Å². The summed E-state index contributed by atoms with van der Waals surface area (Å²) in [6, 6.07) is 8.12. The van der Waals surface area contributed by atoms with Gasteiger partial charge in [-0.1, -0.05) is 35.3 Å². The molecule has 2 N–H and O–H groups in total. The van der Waals surface area contributed by atoms with E-state index >= 15 is 0 Å². The van der Waals surface area contributed by atoms with Crippen molar-refractivity contribution in [3.05, 3.63) is 62.1 Å². The lowest BCUT2D eigenvalue weighted by Crippen LogP contribution is -2.14. The quantitative estimate of drug-likeness (QED) is 0.508. The van der Waals surface area contributed by atoms with Gasteiger partial charge in [0.15, 0.2) is 5.69 Å². The van der Waals surface area contributed by atoms with Crippen molar-refractivity contribution >= 4 is 40.5 Å². The number of amides is 1. The van der Waals surface area contributed by atoms with Crippen molar-refractivity contribution in [2.45, 2.75) is 0 Å². The molecule has 0 aliphatic rings. The molecule has 0 saturated heterocycles. The highest BCUT2D eigenvalue weighted by Crippen LogP contribution is 2.34. The van der Waals surface area contributed by atoms with Gasteiger partial charge in [0.25, 0.3) is 11.6 Å². The molecule has 2 aromatic carbocycles. The molecule has 0 bridgehead atoms. The van der Waals surface area contributed by atoms with Crippen LogP contribution in [0.1, 0.15) is 10.4 Å². The van der Waals surface area contributed by atoms with Gasteiger partial charge in [-0.15, -0.1) is 0 Å². The van der Waals surface area contributed by atoms with Gasteiger partial charge in [-0.2, -0.15) is 0 Å². The molecule has 0 atom stereocenters. The van der Waals surface area contributed by atoms with E-state index in [2.05, 4.69) is 5.32 Å². The zero-order valence-corrected chi connectivity index (χ0v) is 11.9. The molecule has 8 heteroatoms. The minimum Gasteiger partial charge on any atom is -0.505 e. The van der Waals surface area contributed by atoms with Gasteiger partial charge in [0.05, 0.1) is 20.5 Å². The fourth-order valence-corrected chi connectivity index (χ4v) is 2.05. The summed E-state index contributed by atoms with van der Waals surface area (Å²) >= 11 is 11.7. The van der Waals surface area contributed by atoms with Crippen molar-refractivity contribution in [3.8, 4) is 5.75 Å². The number of anilines is 1. The first-order valence-corrected chi connectivity index (χ1v) is 6.39. The summed E-state index contributed by atoms with van der Waals surface area (Å²) in [6.45, 7) is 0. The highest BCUT2D eigenvalue weighted by molar-refractivity contribution is 6.44. The number of phenols is 1. The number of aromatic hydroxyl groups is 1. The summed E-state index contributed by atoms with van der Waals surface area (Å²) in [4.78, 5) is 22.3. The number of nitro groups is 1. The molecular formula is C13H8Cl2N2O4. The highest BCUT2D eigenvalue weighted by Gasteiger charge is 2.21. The van der Waals surface area contributed by atoms with Crippen LogP contribution in [0.5, 0.6) is 5.75 Å². The Morgan fingerprint density at radius 3 is 2.52 bits per heavy atom. The molecule has 0 heterocycles. The molecule has 2 rings (SSSR count). The van der Waals surface area contributed by atoms with Crippen LogP contribution in [-0.4, -0.2) is 15.9 Å². The minimum absolute atomic E-state index is 0.0229. The second-order valence-electron chi connectivity index (χ2n) is 3.98. The number of carbonyl (C=O) groups excluding carboxylic acids is 1. The number of benzene rings is 2. The topological polar surface area (TPSA) is 92.5 Å². The van der Waals surface area contributed by atoms with Gasteiger partial charge in [-0.25, -0.2) is 0 Å². The molecule has 0 unspecified atom stereocenters. The van der Waals surface area contributed by atoms with E-state index in [0.29, 0.717) is 0 Å². The maximum Gasteiger partial charge on any atom is 0.296 e. The molecule has 0 saturated carbocycles. The SMILES string of the molecule is O=C(Nc1c(O)cccc1[N+](=O)[O-])c1cccc(Cl)c1Cl. The average molecular weight is 327 g/mol. The number of hydrogen-bond donors (Lipinski definition) is 2. The zero-order chi connectivity index (χ0) is 15.6. The summed E-state index contributed by atoms with van der Waals surface area (Å²) in [6.07, 6.45) is 0. The summed E-state index contributed by atoms with van der Waals surface area (Å²) in [5, 5.41) is 23.1. The monoisotopic (exact) mass is 326 g/mol. The fraction of sp³-hybridized carbons (Fsp3) is 0. The molecule has 6 nitrogen and oxygen atoms in total. The van der Waals surface area contributed by atoms with E-state index in [4.69, 9.17) is 23.2 Å². The molecule has 21 heavy (non-hydrogen) atoms. The third-order valence-electron chi connectivity index (χ3n) is 2.65. The summed E-state index contributed by atoms with van der Waals surface area (Å²) in [5.41, 5.74) is -0.688. The third-order valence-corrected chi connectivity index (χ3v) is 3.47. The van der Waals surface area contributed by atoms with Gasteiger partial charge < -0.3 is 10.4 Å². The van der Waals surface area contributed by atoms with E-state index in [9.17, 15) is 20.0 Å². The maximum absolute atomic E-state index is 12.1. The standard InChI is InChI=1S/C13H8Cl2N2O4/c14-8-4-1-3-7(11(8)15)13(19)16-12-9(17(20)21)5-2-6-10(12)18/h1-6,18H,(H,16,19). The molecule has 108 valence electrons. The Morgan fingerprint density at radius 1 is 1.19 bits per heavy atom. The largest absolute Gasteiger partial charge is 0.505 e. The van der Waals surface area contributed by atoms with E-state index < -0.39 is 22.3 Å². The van der Waals surface area contributed by atoms with E-state index in [0.717, 1.165) is 6.07 Å². The van der Waals surface area contributed by atoms with Crippen molar-refractivity contribution in [1.82, 2.24) is 0 Å². The van der Waals surface area contributed by atoms with Crippen LogP contribution in [0.3, 0.4) is 0 Å². The smallest absolute Gasteiger partial charge is 0.296 e. The predicted octanol–water partition coefficient (Wildman–Crippen LogP) is 3.86. The predicted molar refractivity (Wildman–Crippen MR) is 79.2 cm³/mol. The van der Waals surface area contributed by atoms with Crippen molar-refractivity contribution in [2.24, 2.45) is 0 Å². The number of para-hydroxylation sites is 1. The first kappa shape index (κ1) is 15.1. The lowest BCUT2D eigenvalue weighted by Gasteiger charge is -2.09. The average Bonchev–Trinajstić information content (AvgIpc) is 2.43. The van der Waals surface area contributed by atoms with Gasteiger partial charge >= 0.3 is 0 Å². The van der Waals surface area contributed by atoms with Gasteiger partial charge in [-0.3, -0.25) is 14.9 Å². The molecule has 1 amide bonds. The van der Waals surface area contributed by atoms with E-state index in [1.807, 2.05) is 0 Å². The molecule has 0 aliphatic heterocycles. The molecule has 0 fully saturated rings. The van der Waals surface area contributed by atoms with Crippen LogP contribution < -0.4 is 5.32 Å². The Bertz CT molecular complexity index is 734. The fourth-order valence-electron chi connectivity index (χ4n) is 1.67. The van der Waals surface area contributed by atoms with Crippen molar-refractivity contribution in [2.75, 3.05) is 5.32 Å². The number of rotatable bonds is 3. The second-order valence-corrected chi connectivity index (χ2v) is 4.77.